The number of piperidine rings is 1. The van der Waals surface area contributed by atoms with Crippen molar-refractivity contribution in [3.05, 3.63) is 18.2 Å². The maximum Gasteiger partial charge on any atom is 0.231 e. The summed E-state index contributed by atoms with van der Waals surface area (Å²) < 4.78 is 16.2. The molecule has 0 aromatic heterocycles. The fourth-order valence-corrected chi connectivity index (χ4v) is 2.81. The van der Waals surface area contributed by atoms with E-state index in [0.29, 0.717) is 18.1 Å². The zero-order valence-corrected chi connectivity index (χ0v) is 11.6. The first-order valence-corrected chi connectivity index (χ1v) is 7.35. The van der Waals surface area contributed by atoms with Crippen molar-refractivity contribution in [3.8, 4) is 17.2 Å². The summed E-state index contributed by atoms with van der Waals surface area (Å²) in [5.41, 5.74) is 0. The zero-order chi connectivity index (χ0) is 13.8. The number of aliphatic hydroxyl groups is 1. The minimum Gasteiger partial charge on any atom is -0.491 e. The summed E-state index contributed by atoms with van der Waals surface area (Å²) in [5, 5.41) is 10.1. The second-order valence-corrected chi connectivity index (χ2v) is 5.49. The molecule has 1 aromatic rings. The van der Waals surface area contributed by atoms with Gasteiger partial charge in [-0.05, 0) is 31.4 Å². The van der Waals surface area contributed by atoms with E-state index in [0.717, 1.165) is 12.3 Å². The molecule has 0 aliphatic carbocycles. The zero-order valence-electron chi connectivity index (χ0n) is 11.6. The highest BCUT2D eigenvalue weighted by atomic mass is 16.7. The van der Waals surface area contributed by atoms with Crippen LogP contribution in [0.3, 0.4) is 0 Å². The number of hydrogen-bond donors (Lipinski definition) is 2. The van der Waals surface area contributed by atoms with Crippen LogP contribution in [0.25, 0.3) is 0 Å². The quantitative estimate of drug-likeness (QED) is 0.810. The van der Waals surface area contributed by atoms with Crippen molar-refractivity contribution in [1.29, 1.82) is 0 Å². The second kappa shape index (κ2) is 6.33. The molecule has 0 spiro atoms. The van der Waals surface area contributed by atoms with E-state index in [-0.39, 0.29) is 6.79 Å². The molecule has 0 radical (unpaired) electrons. The summed E-state index contributed by atoms with van der Waals surface area (Å²) in [6.45, 7) is 3.69. The molecule has 1 aromatic carbocycles. The van der Waals surface area contributed by atoms with Crippen molar-refractivity contribution >= 4 is 0 Å². The van der Waals surface area contributed by atoms with Crippen LogP contribution in [-0.2, 0) is 0 Å². The molecule has 0 unspecified atom stereocenters. The molecule has 2 aliphatic heterocycles. The molecule has 2 heterocycles. The lowest BCUT2D eigenvalue weighted by atomic mass is 10.1. The Bertz CT molecular complexity index is 445. The fraction of sp³-hybridized carbons (Fsp3) is 0.600. The van der Waals surface area contributed by atoms with Gasteiger partial charge >= 0.3 is 0 Å². The first-order valence-electron chi connectivity index (χ1n) is 7.35. The van der Waals surface area contributed by atoms with E-state index in [9.17, 15) is 5.11 Å². The number of nitrogens with one attached hydrogen (secondary N) is 1. The Balaban J connectivity index is 1.46. The molecule has 1 fully saturated rings. The van der Waals surface area contributed by atoms with E-state index >= 15 is 0 Å². The molecule has 20 heavy (non-hydrogen) atoms. The molecule has 5 nitrogen and oxygen atoms in total. The number of fused-ring (bicyclic) bond motifs is 1. The monoisotopic (exact) mass is 280 g/mol. The lowest BCUT2D eigenvalue weighted by molar-refractivity contribution is -0.908. The summed E-state index contributed by atoms with van der Waals surface area (Å²) in [4.78, 5) is 1.48. The smallest absolute Gasteiger partial charge is 0.231 e. The van der Waals surface area contributed by atoms with E-state index in [1.807, 2.05) is 18.2 Å². The van der Waals surface area contributed by atoms with Crippen molar-refractivity contribution in [2.45, 2.75) is 25.4 Å². The topological polar surface area (TPSA) is 52.4 Å². The van der Waals surface area contributed by atoms with E-state index in [1.54, 1.807) is 0 Å². The molecule has 0 bridgehead atoms. The van der Waals surface area contributed by atoms with Crippen LogP contribution < -0.4 is 19.1 Å². The summed E-state index contributed by atoms with van der Waals surface area (Å²) in [7, 11) is 0. The molecular weight excluding hydrogens is 258 g/mol. The Hall–Kier alpha value is -1.46. The van der Waals surface area contributed by atoms with Crippen LogP contribution >= 0.6 is 0 Å². The number of likely N-dealkylation sites (tertiary alicyclic amines) is 1. The minimum atomic E-state index is -0.423. The SMILES string of the molecule is O[C@@H](COc1ccc2c(c1)OCO2)C[NH+]1CCCCC1. The highest BCUT2D eigenvalue weighted by molar-refractivity contribution is 5.46. The normalized spacial score (nSPS) is 19.9. The number of hydrogen-bond acceptors (Lipinski definition) is 4. The molecule has 3 rings (SSSR count). The number of ether oxygens (including phenoxy) is 3. The van der Waals surface area contributed by atoms with Gasteiger partial charge in [0.05, 0.1) is 13.1 Å². The fourth-order valence-electron chi connectivity index (χ4n) is 2.81. The predicted octanol–water partition coefficient (Wildman–Crippen LogP) is 0.224. The highest BCUT2D eigenvalue weighted by Gasteiger charge is 2.19. The van der Waals surface area contributed by atoms with E-state index in [2.05, 4.69) is 0 Å². The summed E-state index contributed by atoms with van der Waals surface area (Å²) >= 11 is 0. The number of benzene rings is 1. The van der Waals surface area contributed by atoms with Crippen LogP contribution in [0.5, 0.6) is 17.2 Å². The Morgan fingerprint density at radius 3 is 2.80 bits per heavy atom. The third kappa shape index (κ3) is 3.35. The van der Waals surface area contributed by atoms with Crippen molar-refractivity contribution in [2.24, 2.45) is 0 Å². The maximum absolute atomic E-state index is 10.1. The van der Waals surface area contributed by atoms with Crippen LogP contribution in [0, 0.1) is 0 Å². The Kier molecular flexibility index (Phi) is 4.28. The van der Waals surface area contributed by atoms with Crippen LogP contribution in [0.1, 0.15) is 19.3 Å². The molecular formula is C15H22NO4+. The van der Waals surface area contributed by atoms with Gasteiger partial charge in [0.25, 0.3) is 0 Å². The molecule has 0 saturated carbocycles. The second-order valence-electron chi connectivity index (χ2n) is 5.49. The highest BCUT2D eigenvalue weighted by Crippen LogP contribution is 2.35. The van der Waals surface area contributed by atoms with Gasteiger partial charge in [0.2, 0.25) is 6.79 Å². The van der Waals surface area contributed by atoms with Gasteiger partial charge in [0.1, 0.15) is 25.0 Å². The number of quaternary nitrogens is 1. The van der Waals surface area contributed by atoms with Gasteiger partial charge in [-0.2, -0.15) is 0 Å². The number of rotatable bonds is 5. The third-order valence-electron chi connectivity index (χ3n) is 3.87. The summed E-state index contributed by atoms with van der Waals surface area (Å²) in [5.74, 6) is 2.16. The molecule has 5 heteroatoms. The van der Waals surface area contributed by atoms with E-state index in [1.165, 1.54) is 37.3 Å². The first kappa shape index (κ1) is 13.5. The molecule has 1 atom stereocenters. The van der Waals surface area contributed by atoms with Gasteiger partial charge in [-0.1, -0.05) is 0 Å². The molecule has 1 saturated heterocycles. The largest absolute Gasteiger partial charge is 0.491 e. The third-order valence-corrected chi connectivity index (χ3v) is 3.87. The van der Waals surface area contributed by atoms with E-state index < -0.39 is 6.10 Å². The molecule has 2 N–H and O–H groups in total. The Labute approximate surface area is 119 Å². The molecule has 0 amide bonds. The number of aliphatic hydroxyl groups excluding tert-OH is 1. The summed E-state index contributed by atoms with van der Waals surface area (Å²) in [6, 6.07) is 5.48. The first-order chi connectivity index (χ1) is 9.81. The van der Waals surface area contributed by atoms with Crippen LogP contribution in [-0.4, -0.2) is 44.2 Å². The lowest BCUT2D eigenvalue weighted by Gasteiger charge is -2.25. The Morgan fingerprint density at radius 1 is 1.15 bits per heavy atom. The Morgan fingerprint density at radius 2 is 1.95 bits per heavy atom. The lowest BCUT2D eigenvalue weighted by Crippen LogP contribution is -3.14. The van der Waals surface area contributed by atoms with Crippen molar-refractivity contribution in [2.75, 3.05) is 33.0 Å². The standard InChI is InChI=1S/C15H21NO4/c17-12(9-16-6-2-1-3-7-16)10-18-13-4-5-14-15(8-13)20-11-19-14/h4-5,8,12,17H,1-3,6-7,9-11H2/p+1/t12-/m1/s1. The van der Waals surface area contributed by atoms with Gasteiger partial charge in [0, 0.05) is 6.07 Å². The molecule has 2 aliphatic rings. The maximum atomic E-state index is 10.1. The van der Waals surface area contributed by atoms with Crippen LogP contribution in [0.15, 0.2) is 18.2 Å². The van der Waals surface area contributed by atoms with Gasteiger partial charge in [-0.3, -0.25) is 0 Å². The van der Waals surface area contributed by atoms with Gasteiger partial charge in [-0.25, -0.2) is 0 Å². The average molecular weight is 280 g/mol. The van der Waals surface area contributed by atoms with Crippen LogP contribution in [0.4, 0.5) is 0 Å². The van der Waals surface area contributed by atoms with Crippen molar-refractivity contribution in [3.63, 3.8) is 0 Å². The van der Waals surface area contributed by atoms with E-state index in [4.69, 9.17) is 14.2 Å². The minimum absolute atomic E-state index is 0.264. The van der Waals surface area contributed by atoms with Crippen molar-refractivity contribution in [1.82, 2.24) is 0 Å². The predicted molar refractivity (Wildman–Crippen MR) is 73.5 cm³/mol. The van der Waals surface area contributed by atoms with Gasteiger partial charge in [-0.15, -0.1) is 0 Å². The molecule has 110 valence electrons. The van der Waals surface area contributed by atoms with Crippen LogP contribution in [0.2, 0.25) is 0 Å². The van der Waals surface area contributed by atoms with Gasteiger partial charge in [0.15, 0.2) is 11.5 Å². The average Bonchev–Trinajstić information content (AvgIpc) is 2.93. The summed E-state index contributed by atoms with van der Waals surface area (Å²) in [6.07, 6.45) is 3.44. The van der Waals surface area contributed by atoms with Crippen molar-refractivity contribution < 1.29 is 24.2 Å². The van der Waals surface area contributed by atoms with Gasteiger partial charge < -0.3 is 24.2 Å².